The number of hydrogen-bond acceptors (Lipinski definition) is 7. The van der Waals surface area contributed by atoms with Gasteiger partial charge in [-0.05, 0) is 37.3 Å². The van der Waals surface area contributed by atoms with Gasteiger partial charge in [-0.25, -0.2) is 19.9 Å². The summed E-state index contributed by atoms with van der Waals surface area (Å²) in [6.07, 6.45) is 1.84. The molecule has 7 heteroatoms. The molecule has 1 fully saturated rings. The van der Waals surface area contributed by atoms with Crippen LogP contribution in [-0.4, -0.2) is 45.6 Å². The van der Waals surface area contributed by atoms with Crippen molar-refractivity contribution in [2.24, 2.45) is 0 Å². The van der Waals surface area contributed by atoms with Crippen LogP contribution in [0.3, 0.4) is 0 Å². The molecule has 4 heterocycles. The van der Waals surface area contributed by atoms with Gasteiger partial charge in [0.25, 0.3) is 0 Å². The Morgan fingerprint density at radius 2 is 2.04 bits per heavy atom. The molecule has 1 aromatic carbocycles. The average Bonchev–Trinajstić information content (AvgIpc) is 3.06. The number of anilines is 1. The molecule has 136 valence electrons. The molecule has 27 heavy (non-hydrogen) atoms. The number of rotatable bonds is 2. The van der Waals surface area contributed by atoms with Gasteiger partial charge in [-0.15, -0.1) is 0 Å². The first-order valence-electron chi connectivity index (χ1n) is 9.15. The monoisotopic (exact) mass is 360 g/mol. The quantitative estimate of drug-likeness (QED) is 0.589. The number of benzene rings is 1. The van der Waals surface area contributed by atoms with Crippen LogP contribution in [0.5, 0.6) is 0 Å². The van der Waals surface area contributed by atoms with Crippen LogP contribution in [0.4, 0.5) is 5.82 Å². The van der Waals surface area contributed by atoms with Gasteiger partial charge >= 0.3 is 0 Å². The lowest BCUT2D eigenvalue weighted by molar-refractivity contribution is 0.482. The zero-order valence-corrected chi connectivity index (χ0v) is 15.3. The lowest BCUT2D eigenvalue weighted by Crippen LogP contribution is -2.49. The molecule has 0 aliphatic carbocycles. The second kappa shape index (κ2) is 6.28. The normalized spacial score (nSPS) is 17.7. The third kappa shape index (κ3) is 3.00. The molecule has 0 spiro atoms. The molecular formula is C20H20N6O. The van der Waals surface area contributed by atoms with Crippen molar-refractivity contribution in [2.45, 2.75) is 19.9 Å². The smallest absolute Gasteiger partial charge is 0.192 e. The zero-order chi connectivity index (χ0) is 18.4. The summed E-state index contributed by atoms with van der Waals surface area (Å²) in [6.45, 7) is 6.82. The Labute approximate surface area is 156 Å². The van der Waals surface area contributed by atoms with E-state index in [1.165, 1.54) is 0 Å². The summed E-state index contributed by atoms with van der Waals surface area (Å²) < 4.78 is 5.56. The molecule has 0 unspecified atom stereocenters. The van der Waals surface area contributed by atoms with Crippen molar-refractivity contribution in [2.75, 3.05) is 24.5 Å². The fourth-order valence-electron chi connectivity index (χ4n) is 3.54. The summed E-state index contributed by atoms with van der Waals surface area (Å²) in [7, 11) is 0. The molecule has 5 rings (SSSR count). The van der Waals surface area contributed by atoms with Crippen molar-refractivity contribution in [1.82, 2.24) is 25.3 Å². The SMILES string of the molecule is Cc1nc2cc(-c3ccc4ncc(N5CCN[C@H](C)C5)nc4n3)ccc2o1. The number of nitrogens with one attached hydrogen (secondary N) is 1. The Bertz CT molecular complexity index is 1140. The maximum absolute atomic E-state index is 5.56. The highest BCUT2D eigenvalue weighted by atomic mass is 16.3. The molecule has 1 aliphatic heterocycles. The van der Waals surface area contributed by atoms with Gasteiger partial charge in [0.05, 0.1) is 11.9 Å². The van der Waals surface area contributed by atoms with Gasteiger partial charge in [0.15, 0.2) is 17.1 Å². The molecule has 3 aromatic heterocycles. The molecule has 1 saturated heterocycles. The molecule has 0 amide bonds. The van der Waals surface area contributed by atoms with Crippen molar-refractivity contribution in [1.29, 1.82) is 0 Å². The molecule has 0 saturated carbocycles. The van der Waals surface area contributed by atoms with Crippen LogP contribution in [0.25, 0.3) is 33.5 Å². The summed E-state index contributed by atoms with van der Waals surface area (Å²) in [5.74, 6) is 1.54. The van der Waals surface area contributed by atoms with E-state index in [9.17, 15) is 0 Å². The number of pyridine rings is 1. The molecule has 1 atom stereocenters. The Hall–Kier alpha value is -3.06. The molecule has 0 radical (unpaired) electrons. The maximum atomic E-state index is 5.56. The van der Waals surface area contributed by atoms with Crippen LogP contribution in [0, 0.1) is 6.92 Å². The first-order valence-corrected chi connectivity index (χ1v) is 9.15. The van der Waals surface area contributed by atoms with E-state index in [-0.39, 0.29) is 0 Å². The van der Waals surface area contributed by atoms with E-state index >= 15 is 0 Å². The average molecular weight is 360 g/mol. The number of oxazole rings is 1. The van der Waals surface area contributed by atoms with Crippen LogP contribution in [0.1, 0.15) is 12.8 Å². The summed E-state index contributed by atoms with van der Waals surface area (Å²) in [6, 6.07) is 10.3. The molecule has 7 nitrogen and oxygen atoms in total. The standard InChI is InChI=1S/C20H20N6O/c1-12-11-26(8-7-21-12)19-10-22-16-5-4-15(24-20(16)25-19)14-3-6-18-17(9-14)23-13(2)27-18/h3-6,9-10,12,21H,7-8,11H2,1-2H3/t12-/m1/s1. The van der Waals surface area contributed by atoms with Crippen LogP contribution in [-0.2, 0) is 0 Å². The van der Waals surface area contributed by atoms with E-state index in [2.05, 4.69) is 27.1 Å². The predicted octanol–water partition coefficient (Wildman–Crippen LogP) is 2.94. The van der Waals surface area contributed by atoms with Crippen LogP contribution < -0.4 is 10.2 Å². The van der Waals surface area contributed by atoms with Crippen molar-refractivity contribution in [3.63, 3.8) is 0 Å². The van der Waals surface area contributed by atoms with Crippen LogP contribution in [0.15, 0.2) is 40.9 Å². The molecule has 4 aromatic rings. The molecule has 1 N–H and O–H groups in total. The Balaban J connectivity index is 1.54. The summed E-state index contributed by atoms with van der Waals surface area (Å²) >= 11 is 0. The van der Waals surface area contributed by atoms with E-state index in [1.54, 1.807) is 0 Å². The van der Waals surface area contributed by atoms with Crippen molar-refractivity contribution < 1.29 is 4.42 Å². The van der Waals surface area contributed by atoms with E-state index < -0.39 is 0 Å². The molecular weight excluding hydrogens is 340 g/mol. The number of hydrogen-bond donors (Lipinski definition) is 1. The predicted molar refractivity (Wildman–Crippen MR) is 105 cm³/mol. The summed E-state index contributed by atoms with van der Waals surface area (Å²) in [5, 5.41) is 3.45. The topological polar surface area (TPSA) is 80.0 Å². The Morgan fingerprint density at radius 3 is 2.93 bits per heavy atom. The number of piperazine rings is 1. The minimum absolute atomic E-state index is 0.438. The van der Waals surface area contributed by atoms with Gasteiger partial charge in [0.2, 0.25) is 0 Å². The maximum Gasteiger partial charge on any atom is 0.192 e. The summed E-state index contributed by atoms with van der Waals surface area (Å²) in [4.78, 5) is 20.8. The molecule has 1 aliphatic rings. The highest BCUT2D eigenvalue weighted by Crippen LogP contribution is 2.25. The van der Waals surface area contributed by atoms with Gasteiger partial charge < -0.3 is 14.6 Å². The zero-order valence-electron chi connectivity index (χ0n) is 15.3. The number of nitrogens with zero attached hydrogens (tertiary/aromatic N) is 5. The van der Waals surface area contributed by atoms with E-state index in [0.717, 1.165) is 53.3 Å². The minimum atomic E-state index is 0.438. The van der Waals surface area contributed by atoms with Gasteiger partial charge in [-0.2, -0.15) is 0 Å². The largest absolute Gasteiger partial charge is 0.441 e. The minimum Gasteiger partial charge on any atom is -0.441 e. The van der Waals surface area contributed by atoms with Gasteiger partial charge in [-0.3, -0.25) is 0 Å². The van der Waals surface area contributed by atoms with Crippen molar-refractivity contribution in [3.8, 4) is 11.3 Å². The fraction of sp³-hybridized carbons (Fsp3) is 0.300. The van der Waals surface area contributed by atoms with Crippen molar-refractivity contribution >= 4 is 28.1 Å². The molecule has 0 bridgehead atoms. The Kier molecular flexibility index (Phi) is 3.75. The van der Waals surface area contributed by atoms with E-state index in [4.69, 9.17) is 14.4 Å². The number of fused-ring (bicyclic) bond motifs is 2. The highest BCUT2D eigenvalue weighted by Gasteiger charge is 2.18. The number of aryl methyl sites for hydroxylation is 1. The van der Waals surface area contributed by atoms with Crippen LogP contribution in [0.2, 0.25) is 0 Å². The second-order valence-electron chi connectivity index (χ2n) is 6.98. The van der Waals surface area contributed by atoms with E-state index in [1.807, 2.05) is 43.5 Å². The fourth-order valence-corrected chi connectivity index (χ4v) is 3.54. The van der Waals surface area contributed by atoms with E-state index in [0.29, 0.717) is 17.6 Å². The highest BCUT2D eigenvalue weighted by molar-refractivity contribution is 5.81. The first kappa shape index (κ1) is 16.1. The lowest BCUT2D eigenvalue weighted by atomic mass is 10.1. The second-order valence-corrected chi connectivity index (χ2v) is 6.98. The van der Waals surface area contributed by atoms with Crippen LogP contribution >= 0.6 is 0 Å². The first-order chi connectivity index (χ1) is 13.2. The lowest BCUT2D eigenvalue weighted by Gasteiger charge is -2.32. The van der Waals surface area contributed by atoms with Gasteiger partial charge in [0, 0.05) is 38.2 Å². The number of aromatic nitrogens is 4. The van der Waals surface area contributed by atoms with Crippen molar-refractivity contribution in [3.05, 3.63) is 42.4 Å². The Morgan fingerprint density at radius 1 is 1.11 bits per heavy atom. The summed E-state index contributed by atoms with van der Waals surface area (Å²) in [5.41, 5.74) is 4.91. The third-order valence-electron chi connectivity index (χ3n) is 4.88. The van der Waals surface area contributed by atoms with Gasteiger partial charge in [0.1, 0.15) is 16.9 Å². The third-order valence-corrected chi connectivity index (χ3v) is 4.88. The van der Waals surface area contributed by atoms with Gasteiger partial charge in [-0.1, -0.05) is 0 Å².